The van der Waals surface area contributed by atoms with Gasteiger partial charge in [0.1, 0.15) is 11.6 Å². The summed E-state index contributed by atoms with van der Waals surface area (Å²) in [6.07, 6.45) is 7.87. The molecule has 6 rings (SSSR count). The molecule has 1 spiro atoms. The highest BCUT2D eigenvalue weighted by Crippen LogP contribution is 2.55. The van der Waals surface area contributed by atoms with Crippen molar-refractivity contribution in [3.05, 3.63) is 76.8 Å². The van der Waals surface area contributed by atoms with E-state index in [9.17, 15) is 14.4 Å². The highest BCUT2D eigenvalue weighted by atomic mass is 35.5. The van der Waals surface area contributed by atoms with Gasteiger partial charge < -0.3 is 20.3 Å². The molecule has 2 bridgehead atoms. The van der Waals surface area contributed by atoms with Gasteiger partial charge in [0, 0.05) is 23.3 Å². The molecule has 0 aromatic heterocycles. The third-order valence-corrected chi connectivity index (χ3v) is 10.2. The molecule has 0 radical (unpaired) electrons. The van der Waals surface area contributed by atoms with Gasteiger partial charge in [-0.2, -0.15) is 0 Å². The molecule has 1 aliphatic carbocycles. The van der Waals surface area contributed by atoms with Gasteiger partial charge in [0.2, 0.25) is 17.7 Å². The van der Waals surface area contributed by atoms with Gasteiger partial charge in [-0.1, -0.05) is 87.7 Å². The first kappa shape index (κ1) is 28.9. The maximum absolute atomic E-state index is 14.3. The lowest BCUT2D eigenvalue weighted by atomic mass is 9.74. The van der Waals surface area contributed by atoms with Crippen LogP contribution in [0.3, 0.4) is 0 Å². The molecule has 1 saturated carbocycles. The maximum atomic E-state index is 14.3. The molecule has 3 amide bonds. The number of carbonyl (C=O) groups excluding carboxylic acids is 3. The van der Waals surface area contributed by atoms with Gasteiger partial charge in [-0.25, -0.2) is 0 Å². The van der Waals surface area contributed by atoms with Crippen LogP contribution in [0, 0.1) is 17.8 Å². The first-order chi connectivity index (χ1) is 20.2. The number of hydrogen-bond donors (Lipinski definition) is 2. The van der Waals surface area contributed by atoms with E-state index >= 15 is 0 Å². The quantitative estimate of drug-likeness (QED) is 0.399. The number of ether oxygens (including phenoxy) is 1. The van der Waals surface area contributed by atoms with Crippen molar-refractivity contribution < 1.29 is 19.1 Å². The van der Waals surface area contributed by atoms with Crippen LogP contribution in [-0.4, -0.2) is 53.0 Å². The van der Waals surface area contributed by atoms with Crippen molar-refractivity contribution in [2.45, 2.75) is 82.6 Å². The number of rotatable bonds is 8. The van der Waals surface area contributed by atoms with Crippen LogP contribution in [0.1, 0.15) is 63.5 Å². The fourth-order valence-corrected chi connectivity index (χ4v) is 7.65. The van der Waals surface area contributed by atoms with Crippen LogP contribution in [0.5, 0.6) is 0 Å². The lowest BCUT2D eigenvalue weighted by molar-refractivity contribution is -0.141. The molecule has 3 aliphatic heterocycles. The predicted octanol–water partition coefficient (Wildman–Crippen LogP) is 5.49. The van der Waals surface area contributed by atoms with Crippen molar-refractivity contribution in [1.82, 2.24) is 10.2 Å². The van der Waals surface area contributed by atoms with Crippen LogP contribution in [0.15, 0.2) is 60.7 Å². The van der Waals surface area contributed by atoms with Gasteiger partial charge in [-0.05, 0) is 60.4 Å². The average Bonchev–Trinajstić information content (AvgIpc) is 3.61. The molecular weight excluding hydrogens is 550 g/mol. The van der Waals surface area contributed by atoms with E-state index in [0.717, 1.165) is 31.2 Å². The lowest BCUT2D eigenvalue weighted by Crippen LogP contribution is -2.57. The number of halogens is 1. The highest BCUT2D eigenvalue weighted by Gasteiger charge is 2.72. The molecular formula is C34H40ClN3O4. The predicted molar refractivity (Wildman–Crippen MR) is 163 cm³/mol. The molecule has 7 nitrogen and oxygen atoms in total. The molecule has 8 heteroatoms. The van der Waals surface area contributed by atoms with E-state index < -0.39 is 29.6 Å². The summed E-state index contributed by atoms with van der Waals surface area (Å²) < 4.78 is 6.51. The smallest absolute Gasteiger partial charge is 0.246 e. The monoisotopic (exact) mass is 589 g/mol. The van der Waals surface area contributed by atoms with Crippen LogP contribution in [-0.2, 0) is 25.5 Å². The van der Waals surface area contributed by atoms with E-state index in [1.165, 1.54) is 5.56 Å². The summed E-state index contributed by atoms with van der Waals surface area (Å²) >= 11 is 6.44. The van der Waals surface area contributed by atoms with Crippen molar-refractivity contribution in [2.75, 3.05) is 11.9 Å². The SMILES string of the molecule is CC(C)c1ccc(NC(=O)[C@H]2[C@H]3C=C[C@@]4(O3)[C@H]2C(=O)N(CCc2ccccc2Cl)[C@@H]4C(=O)N[C@H]2CCCC[C@H]2C)cc1. The fraction of sp³-hybridized carbons (Fsp3) is 0.500. The second-order valence-corrected chi connectivity index (χ2v) is 13.1. The van der Waals surface area contributed by atoms with E-state index in [4.69, 9.17) is 16.3 Å². The average molecular weight is 590 g/mol. The van der Waals surface area contributed by atoms with Gasteiger partial charge >= 0.3 is 0 Å². The third-order valence-electron chi connectivity index (χ3n) is 9.79. The van der Waals surface area contributed by atoms with Crippen molar-refractivity contribution in [2.24, 2.45) is 17.8 Å². The summed E-state index contributed by atoms with van der Waals surface area (Å²) in [4.78, 5) is 43.8. The summed E-state index contributed by atoms with van der Waals surface area (Å²) in [7, 11) is 0. The molecule has 42 heavy (non-hydrogen) atoms. The molecule has 222 valence electrons. The molecule has 2 aromatic rings. The van der Waals surface area contributed by atoms with E-state index in [1.54, 1.807) is 4.90 Å². The fourth-order valence-electron chi connectivity index (χ4n) is 7.42. The topological polar surface area (TPSA) is 87.7 Å². The third kappa shape index (κ3) is 5.05. The zero-order chi connectivity index (χ0) is 29.6. The summed E-state index contributed by atoms with van der Waals surface area (Å²) in [6, 6.07) is 14.5. The number of fused-ring (bicyclic) bond motifs is 1. The van der Waals surface area contributed by atoms with Crippen LogP contribution in [0.2, 0.25) is 5.02 Å². The van der Waals surface area contributed by atoms with Crippen LogP contribution < -0.4 is 10.6 Å². The maximum Gasteiger partial charge on any atom is 0.246 e. The van der Waals surface area contributed by atoms with Gasteiger partial charge in [0.15, 0.2) is 0 Å². The van der Waals surface area contributed by atoms with Crippen molar-refractivity contribution in [1.29, 1.82) is 0 Å². The van der Waals surface area contributed by atoms with E-state index in [-0.39, 0.29) is 23.8 Å². The standard InChI is InChI=1S/C34H40ClN3O4/c1-20(2)22-12-14-24(15-13-22)36-31(39)28-27-16-18-34(42-27)29(28)33(41)38(19-17-23-9-5-6-10-25(23)35)30(34)32(40)37-26-11-7-4-8-21(26)3/h5-6,9-10,12-16,18,20-21,26-30H,4,7-8,11,17,19H2,1-3H3,(H,36,39)(H,37,40)/t21-,26+,27-,28+,29-,30-,34-/m1/s1. The molecule has 7 atom stereocenters. The largest absolute Gasteiger partial charge is 0.359 e. The highest BCUT2D eigenvalue weighted by molar-refractivity contribution is 6.31. The molecule has 4 aliphatic rings. The minimum Gasteiger partial charge on any atom is -0.359 e. The first-order valence-corrected chi connectivity index (χ1v) is 15.7. The molecule has 0 unspecified atom stereocenters. The molecule has 2 aromatic carbocycles. The number of anilines is 1. The second-order valence-electron chi connectivity index (χ2n) is 12.7. The van der Waals surface area contributed by atoms with Crippen molar-refractivity contribution in [3.63, 3.8) is 0 Å². The summed E-state index contributed by atoms with van der Waals surface area (Å²) in [6.45, 7) is 6.71. The Kier molecular flexibility index (Phi) is 7.92. The minimum atomic E-state index is -1.19. The van der Waals surface area contributed by atoms with Crippen molar-refractivity contribution >= 4 is 35.0 Å². The Balaban J connectivity index is 1.28. The normalized spacial score (nSPS) is 31.5. The van der Waals surface area contributed by atoms with Gasteiger partial charge in [0.25, 0.3) is 0 Å². The van der Waals surface area contributed by atoms with Crippen molar-refractivity contribution in [3.8, 4) is 0 Å². The molecule has 2 N–H and O–H groups in total. The van der Waals surface area contributed by atoms with E-state index in [0.29, 0.717) is 35.5 Å². The Morgan fingerprint density at radius 3 is 2.52 bits per heavy atom. The van der Waals surface area contributed by atoms with Gasteiger partial charge in [-0.3, -0.25) is 14.4 Å². The minimum absolute atomic E-state index is 0.0534. The molecule has 2 saturated heterocycles. The molecule has 3 heterocycles. The Bertz CT molecular complexity index is 1390. The Morgan fingerprint density at radius 1 is 1.07 bits per heavy atom. The van der Waals surface area contributed by atoms with Gasteiger partial charge in [0.05, 0.1) is 17.9 Å². The first-order valence-electron chi connectivity index (χ1n) is 15.3. The van der Waals surface area contributed by atoms with Gasteiger partial charge in [-0.15, -0.1) is 0 Å². The zero-order valence-electron chi connectivity index (χ0n) is 24.5. The Morgan fingerprint density at radius 2 is 1.81 bits per heavy atom. The molecule has 3 fully saturated rings. The number of benzene rings is 2. The number of hydrogen-bond acceptors (Lipinski definition) is 4. The van der Waals surface area contributed by atoms with Crippen LogP contribution in [0.25, 0.3) is 0 Å². The Hall–Kier alpha value is -3.16. The lowest BCUT2D eigenvalue weighted by Gasteiger charge is -2.36. The summed E-state index contributed by atoms with van der Waals surface area (Å²) in [5.74, 6) is -1.47. The summed E-state index contributed by atoms with van der Waals surface area (Å²) in [5.41, 5.74) is 1.57. The number of nitrogens with one attached hydrogen (secondary N) is 2. The number of likely N-dealkylation sites (tertiary alicyclic amines) is 1. The second kappa shape index (κ2) is 11.5. The number of nitrogens with zero attached hydrogens (tertiary/aromatic N) is 1. The van der Waals surface area contributed by atoms with Crippen LogP contribution >= 0.6 is 11.6 Å². The number of amides is 3. The summed E-state index contributed by atoms with van der Waals surface area (Å²) in [5, 5.41) is 6.93. The van der Waals surface area contributed by atoms with E-state index in [2.05, 4.69) is 31.4 Å². The van der Waals surface area contributed by atoms with E-state index in [1.807, 2.05) is 60.7 Å². The zero-order valence-corrected chi connectivity index (χ0v) is 25.3. The van der Waals surface area contributed by atoms with Crippen LogP contribution in [0.4, 0.5) is 5.69 Å². The number of carbonyl (C=O) groups is 3. The Labute approximate surface area is 253 Å².